The predicted molar refractivity (Wildman–Crippen MR) is 67.5 cm³/mol. The summed E-state index contributed by atoms with van der Waals surface area (Å²) in [7, 11) is 0. The maximum atomic E-state index is 5.82. The SMILES string of the molecule is CCCN1SN=C(N)c2nc(C)c(C)nc21. The molecule has 1 aliphatic heterocycles. The second kappa shape index (κ2) is 4.29. The van der Waals surface area contributed by atoms with Crippen molar-refractivity contribution in [2.45, 2.75) is 27.2 Å². The van der Waals surface area contributed by atoms with Crippen molar-refractivity contribution in [2.24, 2.45) is 10.1 Å². The first-order valence-corrected chi connectivity index (χ1v) is 6.00. The van der Waals surface area contributed by atoms with Crippen LogP contribution in [0.5, 0.6) is 0 Å². The molecule has 0 aliphatic carbocycles. The molecule has 0 bridgehead atoms. The van der Waals surface area contributed by atoms with E-state index in [1.54, 1.807) is 0 Å². The van der Waals surface area contributed by atoms with E-state index in [-0.39, 0.29) is 0 Å². The average Bonchev–Trinajstić information content (AvgIpc) is 2.25. The largest absolute Gasteiger partial charge is 0.381 e. The molecule has 16 heavy (non-hydrogen) atoms. The van der Waals surface area contributed by atoms with Crippen molar-refractivity contribution in [1.29, 1.82) is 0 Å². The van der Waals surface area contributed by atoms with Crippen molar-refractivity contribution in [3.63, 3.8) is 0 Å². The molecule has 0 saturated heterocycles. The maximum Gasteiger partial charge on any atom is 0.170 e. The number of nitrogens with zero attached hydrogens (tertiary/aromatic N) is 4. The maximum absolute atomic E-state index is 5.82. The number of hydrogen-bond donors (Lipinski definition) is 1. The lowest BCUT2D eigenvalue weighted by Crippen LogP contribution is -2.28. The van der Waals surface area contributed by atoms with Crippen LogP contribution in [0, 0.1) is 13.8 Å². The smallest absolute Gasteiger partial charge is 0.170 e. The van der Waals surface area contributed by atoms with E-state index in [1.165, 1.54) is 12.1 Å². The Kier molecular flexibility index (Phi) is 3.00. The molecule has 86 valence electrons. The van der Waals surface area contributed by atoms with E-state index >= 15 is 0 Å². The van der Waals surface area contributed by atoms with Crippen LogP contribution in [0.15, 0.2) is 4.40 Å². The van der Waals surface area contributed by atoms with Gasteiger partial charge in [0.15, 0.2) is 11.7 Å². The third-order valence-corrected chi connectivity index (χ3v) is 3.26. The second-order valence-electron chi connectivity index (χ2n) is 3.73. The molecule has 0 amide bonds. The molecule has 1 aromatic heterocycles. The van der Waals surface area contributed by atoms with Gasteiger partial charge >= 0.3 is 0 Å². The molecular weight excluding hydrogens is 222 g/mol. The number of nitrogens with two attached hydrogens (primary N) is 1. The van der Waals surface area contributed by atoms with Gasteiger partial charge in [0, 0.05) is 6.54 Å². The lowest BCUT2D eigenvalue weighted by molar-refractivity contribution is 0.895. The van der Waals surface area contributed by atoms with Crippen molar-refractivity contribution in [3.8, 4) is 0 Å². The Morgan fingerprint density at radius 3 is 2.62 bits per heavy atom. The molecule has 0 saturated carbocycles. The Morgan fingerprint density at radius 2 is 1.94 bits per heavy atom. The van der Waals surface area contributed by atoms with Crippen LogP contribution in [-0.2, 0) is 0 Å². The Bertz CT molecular complexity index is 443. The van der Waals surface area contributed by atoms with Crippen molar-refractivity contribution < 1.29 is 0 Å². The topological polar surface area (TPSA) is 67.4 Å². The molecule has 1 aliphatic rings. The van der Waals surface area contributed by atoms with Crippen LogP contribution < -0.4 is 10.0 Å². The van der Waals surface area contributed by atoms with Crippen molar-refractivity contribution in [3.05, 3.63) is 17.1 Å². The first kappa shape index (κ1) is 11.2. The predicted octanol–water partition coefficient (Wildman–Crippen LogP) is 1.59. The molecule has 0 fully saturated rings. The van der Waals surface area contributed by atoms with Crippen LogP contribution in [0.4, 0.5) is 5.82 Å². The molecule has 0 spiro atoms. The number of aryl methyl sites for hydroxylation is 2. The Morgan fingerprint density at radius 1 is 1.25 bits per heavy atom. The van der Waals surface area contributed by atoms with E-state index in [2.05, 4.69) is 21.3 Å². The van der Waals surface area contributed by atoms with E-state index in [0.29, 0.717) is 11.5 Å². The zero-order chi connectivity index (χ0) is 11.7. The van der Waals surface area contributed by atoms with Gasteiger partial charge in [0.1, 0.15) is 5.69 Å². The number of fused-ring (bicyclic) bond motifs is 1. The highest BCUT2D eigenvalue weighted by molar-refractivity contribution is 7.99. The van der Waals surface area contributed by atoms with Gasteiger partial charge in [-0.1, -0.05) is 6.92 Å². The van der Waals surface area contributed by atoms with Crippen LogP contribution in [-0.4, -0.2) is 22.3 Å². The summed E-state index contributed by atoms with van der Waals surface area (Å²) in [6.07, 6.45) is 1.04. The van der Waals surface area contributed by atoms with Gasteiger partial charge < -0.3 is 5.73 Å². The minimum Gasteiger partial charge on any atom is -0.381 e. The number of hydrogen-bond acceptors (Lipinski definition) is 6. The van der Waals surface area contributed by atoms with Gasteiger partial charge in [-0.25, -0.2) is 9.97 Å². The fraction of sp³-hybridized carbons (Fsp3) is 0.500. The molecule has 0 unspecified atom stereocenters. The monoisotopic (exact) mass is 237 g/mol. The first-order valence-electron chi connectivity index (χ1n) is 5.27. The quantitative estimate of drug-likeness (QED) is 0.791. The van der Waals surface area contributed by atoms with Gasteiger partial charge in [0.25, 0.3) is 0 Å². The lowest BCUT2D eigenvalue weighted by Gasteiger charge is -2.25. The lowest BCUT2D eigenvalue weighted by atomic mass is 10.3. The summed E-state index contributed by atoms with van der Waals surface area (Å²) in [5.41, 5.74) is 8.37. The highest BCUT2D eigenvalue weighted by Gasteiger charge is 2.23. The Balaban J connectivity index is 2.50. The fourth-order valence-electron chi connectivity index (χ4n) is 1.46. The van der Waals surface area contributed by atoms with Crippen molar-refractivity contribution >= 4 is 23.8 Å². The van der Waals surface area contributed by atoms with Crippen LogP contribution in [0.3, 0.4) is 0 Å². The van der Waals surface area contributed by atoms with Gasteiger partial charge in [-0.2, -0.15) is 4.40 Å². The van der Waals surface area contributed by atoms with Gasteiger partial charge in [-0.05, 0) is 20.3 Å². The van der Waals surface area contributed by atoms with Crippen molar-refractivity contribution in [2.75, 3.05) is 10.8 Å². The zero-order valence-corrected chi connectivity index (χ0v) is 10.5. The van der Waals surface area contributed by atoms with Gasteiger partial charge in [0.2, 0.25) is 0 Å². The van der Waals surface area contributed by atoms with Crippen LogP contribution >= 0.6 is 12.1 Å². The normalized spacial score (nSPS) is 14.7. The molecule has 2 N–H and O–H groups in total. The summed E-state index contributed by atoms with van der Waals surface area (Å²) < 4.78 is 6.21. The van der Waals surface area contributed by atoms with E-state index in [4.69, 9.17) is 5.73 Å². The summed E-state index contributed by atoms with van der Waals surface area (Å²) in [6, 6.07) is 0. The van der Waals surface area contributed by atoms with Crippen molar-refractivity contribution in [1.82, 2.24) is 9.97 Å². The summed E-state index contributed by atoms with van der Waals surface area (Å²) in [6.45, 7) is 6.91. The molecule has 0 aromatic carbocycles. The van der Waals surface area contributed by atoms with E-state index in [0.717, 1.165) is 30.2 Å². The number of anilines is 1. The van der Waals surface area contributed by atoms with E-state index in [9.17, 15) is 0 Å². The molecule has 2 rings (SSSR count). The second-order valence-corrected chi connectivity index (χ2v) is 4.51. The fourth-order valence-corrected chi connectivity index (χ4v) is 2.20. The summed E-state index contributed by atoms with van der Waals surface area (Å²) in [5, 5.41) is 0. The van der Waals surface area contributed by atoms with Crippen LogP contribution in [0.25, 0.3) is 0 Å². The summed E-state index contributed by atoms with van der Waals surface area (Å²) in [5.74, 6) is 1.30. The molecule has 5 nitrogen and oxygen atoms in total. The molecule has 6 heteroatoms. The van der Waals surface area contributed by atoms with Gasteiger partial charge in [-0.15, -0.1) is 0 Å². The summed E-state index contributed by atoms with van der Waals surface area (Å²) in [4.78, 5) is 9.00. The minimum absolute atomic E-state index is 0.461. The Hall–Kier alpha value is -1.30. The molecule has 1 aromatic rings. The van der Waals surface area contributed by atoms with Gasteiger partial charge in [-0.3, -0.25) is 4.31 Å². The Labute approximate surface area is 99.4 Å². The van der Waals surface area contributed by atoms with E-state index in [1.807, 2.05) is 18.2 Å². The van der Waals surface area contributed by atoms with Crippen LogP contribution in [0.2, 0.25) is 0 Å². The third kappa shape index (κ3) is 1.84. The first-order chi connectivity index (χ1) is 7.63. The van der Waals surface area contributed by atoms with Crippen LogP contribution in [0.1, 0.15) is 30.4 Å². The average molecular weight is 237 g/mol. The number of amidine groups is 1. The third-order valence-electron chi connectivity index (χ3n) is 2.43. The highest BCUT2D eigenvalue weighted by atomic mass is 32.2. The number of rotatable bonds is 2. The van der Waals surface area contributed by atoms with Gasteiger partial charge in [0.05, 0.1) is 23.5 Å². The summed E-state index contributed by atoms with van der Waals surface area (Å²) >= 11 is 1.35. The number of aromatic nitrogens is 2. The minimum atomic E-state index is 0.461. The molecule has 0 radical (unpaired) electrons. The van der Waals surface area contributed by atoms with E-state index < -0.39 is 0 Å². The zero-order valence-electron chi connectivity index (χ0n) is 9.69. The molecular formula is C10H15N5S. The highest BCUT2D eigenvalue weighted by Crippen LogP contribution is 2.29. The standard InChI is InChI=1S/C10H15N5S/c1-4-5-15-10-8(9(11)14-16-15)12-6(2)7(3)13-10/h4-5H2,1-3H3,(H2,11,14). The molecule has 2 heterocycles. The molecule has 0 atom stereocenters.